The number of pyridine rings is 1. The summed E-state index contributed by atoms with van der Waals surface area (Å²) in [6.45, 7) is 0. The highest BCUT2D eigenvalue weighted by Gasteiger charge is 2.42. The van der Waals surface area contributed by atoms with Gasteiger partial charge < -0.3 is 14.8 Å². The van der Waals surface area contributed by atoms with E-state index < -0.39 is 11.5 Å². The molecule has 20 heavy (non-hydrogen) atoms. The van der Waals surface area contributed by atoms with Crippen molar-refractivity contribution in [1.82, 2.24) is 14.7 Å². The molecule has 0 aliphatic heterocycles. The zero-order valence-corrected chi connectivity index (χ0v) is 10.9. The molecule has 1 saturated carbocycles. The maximum Gasteiger partial charge on any atom is 0.329 e. The molecule has 2 N–H and O–H groups in total. The molecule has 6 heteroatoms. The van der Waals surface area contributed by atoms with Crippen LogP contribution in [0.4, 0.5) is 0 Å². The molecule has 0 radical (unpaired) electrons. The lowest BCUT2D eigenvalue weighted by molar-refractivity contribution is -0.144. The van der Waals surface area contributed by atoms with Crippen LogP contribution in [0.15, 0.2) is 30.7 Å². The first-order valence-corrected chi connectivity index (χ1v) is 6.59. The third-order valence-corrected chi connectivity index (χ3v) is 3.87. The van der Waals surface area contributed by atoms with Crippen LogP contribution in [0.2, 0.25) is 0 Å². The summed E-state index contributed by atoms with van der Waals surface area (Å²) in [5.74, 6) is -1.31. The number of imidazole rings is 1. The minimum absolute atomic E-state index is 0.357. The van der Waals surface area contributed by atoms with Gasteiger partial charge in [-0.25, -0.2) is 9.78 Å². The number of hydrogen-bond donors (Lipinski definition) is 2. The third-order valence-electron chi connectivity index (χ3n) is 3.87. The van der Waals surface area contributed by atoms with Gasteiger partial charge in [0.15, 0.2) is 0 Å². The number of carbonyl (C=O) groups is 2. The van der Waals surface area contributed by atoms with E-state index in [-0.39, 0.29) is 5.91 Å². The van der Waals surface area contributed by atoms with Gasteiger partial charge in [0.25, 0.3) is 5.91 Å². The second-order valence-corrected chi connectivity index (χ2v) is 5.16. The van der Waals surface area contributed by atoms with Crippen LogP contribution in [0, 0.1) is 0 Å². The fraction of sp³-hybridized carbons (Fsp3) is 0.357. The first-order chi connectivity index (χ1) is 9.61. The minimum Gasteiger partial charge on any atom is -0.480 e. The van der Waals surface area contributed by atoms with Crippen molar-refractivity contribution in [3.05, 3.63) is 36.3 Å². The van der Waals surface area contributed by atoms with Crippen LogP contribution in [0.5, 0.6) is 0 Å². The van der Waals surface area contributed by atoms with Crippen LogP contribution in [-0.2, 0) is 4.79 Å². The van der Waals surface area contributed by atoms with E-state index in [2.05, 4.69) is 10.3 Å². The quantitative estimate of drug-likeness (QED) is 0.886. The highest BCUT2D eigenvalue weighted by Crippen LogP contribution is 2.30. The summed E-state index contributed by atoms with van der Waals surface area (Å²) in [7, 11) is 0. The molecular formula is C14H15N3O3. The fourth-order valence-electron chi connectivity index (χ4n) is 2.71. The molecule has 0 saturated heterocycles. The van der Waals surface area contributed by atoms with Gasteiger partial charge in [-0.3, -0.25) is 4.79 Å². The smallest absolute Gasteiger partial charge is 0.329 e. The Labute approximate surface area is 115 Å². The van der Waals surface area contributed by atoms with Gasteiger partial charge in [-0.2, -0.15) is 0 Å². The van der Waals surface area contributed by atoms with Gasteiger partial charge in [0.1, 0.15) is 11.2 Å². The average molecular weight is 273 g/mol. The van der Waals surface area contributed by atoms with Gasteiger partial charge in [0.05, 0.1) is 5.56 Å². The molecule has 104 valence electrons. The Morgan fingerprint density at radius 3 is 2.75 bits per heavy atom. The second-order valence-electron chi connectivity index (χ2n) is 5.16. The molecule has 2 aromatic heterocycles. The van der Waals surface area contributed by atoms with Gasteiger partial charge >= 0.3 is 5.97 Å². The lowest BCUT2D eigenvalue weighted by Gasteiger charge is -2.25. The van der Waals surface area contributed by atoms with E-state index in [0.717, 1.165) is 18.5 Å². The molecule has 1 aliphatic rings. The predicted octanol–water partition coefficient (Wildman–Crippen LogP) is 1.46. The van der Waals surface area contributed by atoms with Crippen LogP contribution in [-0.4, -0.2) is 31.9 Å². The minimum atomic E-state index is -1.11. The number of rotatable bonds is 3. The molecule has 1 fully saturated rings. The first-order valence-electron chi connectivity index (χ1n) is 6.59. The number of aliphatic carboxylic acids is 1. The van der Waals surface area contributed by atoms with Crippen molar-refractivity contribution in [2.45, 2.75) is 31.2 Å². The van der Waals surface area contributed by atoms with Crippen LogP contribution < -0.4 is 5.32 Å². The summed E-state index contributed by atoms with van der Waals surface area (Å²) >= 11 is 0. The van der Waals surface area contributed by atoms with Gasteiger partial charge in [-0.1, -0.05) is 12.8 Å². The Bertz CT molecular complexity index is 671. The molecule has 0 atom stereocenters. The van der Waals surface area contributed by atoms with Gasteiger partial charge in [0, 0.05) is 18.6 Å². The molecule has 0 unspecified atom stereocenters. The molecule has 6 nitrogen and oxygen atoms in total. The summed E-state index contributed by atoms with van der Waals surface area (Å²) in [4.78, 5) is 27.8. The second kappa shape index (κ2) is 4.63. The Morgan fingerprint density at radius 2 is 2.05 bits per heavy atom. The lowest BCUT2D eigenvalue weighted by atomic mass is 9.97. The van der Waals surface area contributed by atoms with E-state index in [9.17, 15) is 14.7 Å². The normalized spacial score (nSPS) is 17.2. The molecule has 2 heterocycles. The van der Waals surface area contributed by atoms with Crippen molar-refractivity contribution in [1.29, 1.82) is 0 Å². The van der Waals surface area contributed by atoms with E-state index in [1.807, 2.05) is 0 Å². The zero-order chi connectivity index (χ0) is 14.2. The van der Waals surface area contributed by atoms with Crippen LogP contribution in [0.1, 0.15) is 36.0 Å². The van der Waals surface area contributed by atoms with E-state index in [1.54, 1.807) is 35.1 Å². The number of aromatic nitrogens is 2. The number of carboxylic acid groups (broad SMARTS) is 1. The fourth-order valence-corrected chi connectivity index (χ4v) is 2.71. The summed E-state index contributed by atoms with van der Waals surface area (Å²) in [5, 5.41) is 12.1. The molecule has 0 spiro atoms. The number of fused-ring (bicyclic) bond motifs is 1. The van der Waals surface area contributed by atoms with E-state index in [0.29, 0.717) is 18.4 Å². The van der Waals surface area contributed by atoms with Crippen molar-refractivity contribution in [2.75, 3.05) is 0 Å². The van der Waals surface area contributed by atoms with Gasteiger partial charge in [-0.15, -0.1) is 0 Å². The summed E-state index contributed by atoms with van der Waals surface area (Å²) < 4.78 is 1.73. The number of nitrogens with zero attached hydrogens (tertiary/aromatic N) is 2. The van der Waals surface area contributed by atoms with E-state index in [1.165, 1.54) is 0 Å². The summed E-state index contributed by atoms with van der Waals surface area (Å²) in [5.41, 5.74) is 0.0689. The van der Waals surface area contributed by atoms with E-state index in [4.69, 9.17) is 0 Å². The van der Waals surface area contributed by atoms with Crippen molar-refractivity contribution >= 4 is 17.5 Å². The van der Waals surface area contributed by atoms with E-state index >= 15 is 0 Å². The number of amides is 1. The highest BCUT2D eigenvalue weighted by molar-refractivity contribution is 5.98. The summed E-state index contributed by atoms with van der Waals surface area (Å²) in [6, 6.07) is 3.39. The average Bonchev–Trinajstić information content (AvgIpc) is 3.06. The Kier molecular flexibility index (Phi) is 2.93. The molecular weight excluding hydrogens is 258 g/mol. The Hall–Kier alpha value is -2.37. The van der Waals surface area contributed by atoms with Crippen molar-refractivity contribution in [3.8, 4) is 0 Å². The van der Waals surface area contributed by atoms with Crippen molar-refractivity contribution in [3.63, 3.8) is 0 Å². The molecule has 1 aliphatic carbocycles. The standard InChI is InChI=1S/C14H15N3O3/c18-12(16-14(13(19)20)5-1-2-6-14)10-3-4-11-15-7-8-17(11)9-10/h3-4,7-9H,1-2,5-6H2,(H,16,18)(H,19,20). The van der Waals surface area contributed by atoms with Crippen LogP contribution in [0.25, 0.3) is 5.65 Å². The van der Waals surface area contributed by atoms with Gasteiger partial charge in [0.2, 0.25) is 0 Å². The maximum absolute atomic E-state index is 12.3. The van der Waals surface area contributed by atoms with Crippen LogP contribution >= 0.6 is 0 Å². The molecule has 2 aromatic rings. The number of hydrogen-bond acceptors (Lipinski definition) is 3. The van der Waals surface area contributed by atoms with Crippen molar-refractivity contribution in [2.24, 2.45) is 0 Å². The van der Waals surface area contributed by atoms with Crippen molar-refractivity contribution < 1.29 is 14.7 Å². The first kappa shape index (κ1) is 12.7. The van der Waals surface area contributed by atoms with Gasteiger partial charge in [-0.05, 0) is 25.0 Å². The Balaban J connectivity index is 1.86. The number of carboxylic acids is 1. The molecule has 0 aromatic carbocycles. The third kappa shape index (κ3) is 2.03. The highest BCUT2D eigenvalue weighted by atomic mass is 16.4. The number of carbonyl (C=O) groups excluding carboxylic acids is 1. The number of nitrogens with one attached hydrogen (secondary N) is 1. The molecule has 3 rings (SSSR count). The van der Waals surface area contributed by atoms with Crippen LogP contribution in [0.3, 0.4) is 0 Å². The SMILES string of the molecule is O=C(NC1(C(=O)O)CCCC1)c1ccc2nccn2c1. The molecule has 0 bridgehead atoms. The molecule has 1 amide bonds. The monoisotopic (exact) mass is 273 g/mol. The maximum atomic E-state index is 12.3. The topological polar surface area (TPSA) is 83.7 Å². The Morgan fingerprint density at radius 1 is 1.30 bits per heavy atom. The zero-order valence-electron chi connectivity index (χ0n) is 10.9. The lowest BCUT2D eigenvalue weighted by Crippen LogP contribution is -2.52. The summed E-state index contributed by atoms with van der Waals surface area (Å²) in [6.07, 6.45) is 7.67. The largest absolute Gasteiger partial charge is 0.480 e. The predicted molar refractivity (Wildman–Crippen MR) is 71.5 cm³/mol.